The first-order chi connectivity index (χ1) is 9.56. The van der Waals surface area contributed by atoms with Crippen LogP contribution in [0.5, 0.6) is 0 Å². The molecule has 0 aliphatic carbocycles. The number of hydrogen-bond donors (Lipinski definition) is 1. The van der Waals surface area contributed by atoms with Crippen LogP contribution >= 0.6 is 39.3 Å². The number of thioether (sulfide) groups is 1. The van der Waals surface area contributed by atoms with Crippen LogP contribution in [-0.2, 0) is 6.42 Å². The van der Waals surface area contributed by atoms with Crippen molar-refractivity contribution in [2.75, 3.05) is 5.75 Å². The molecule has 0 aromatic heterocycles. The highest BCUT2D eigenvalue weighted by molar-refractivity contribution is 9.10. The molecule has 0 bridgehead atoms. The van der Waals surface area contributed by atoms with Crippen molar-refractivity contribution in [2.24, 2.45) is 5.73 Å². The second-order valence-electron chi connectivity index (χ2n) is 4.45. The summed E-state index contributed by atoms with van der Waals surface area (Å²) in [6.45, 7) is 0. The van der Waals surface area contributed by atoms with Crippen LogP contribution in [0.1, 0.15) is 5.56 Å². The Balaban J connectivity index is 1.92. The second kappa shape index (κ2) is 7.46. The Morgan fingerprint density at radius 1 is 1.25 bits per heavy atom. The van der Waals surface area contributed by atoms with E-state index in [1.807, 2.05) is 24.3 Å². The summed E-state index contributed by atoms with van der Waals surface area (Å²) >= 11 is 10.9. The van der Waals surface area contributed by atoms with Gasteiger partial charge in [-0.2, -0.15) is 0 Å². The van der Waals surface area contributed by atoms with E-state index in [0.29, 0.717) is 12.0 Å². The van der Waals surface area contributed by atoms with Crippen LogP contribution in [0, 0.1) is 5.82 Å². The van der Waals surface area contributed by atoms with Gasteiger partial charge in [0.2, 0.25) is 0 Å². The number of hydrogen-bond acceptors (Lipinski definition) is 2. The summed E-state index contributed by atoms with van der Waals surface area (Å²) in [6, 6.07) is 12.9. The smallest absolute Gasteiger partial charge is 0.145 e. The molecule has 0 saturated heterocycles. The lowest BCUT2D eigenvalue weighted by Gasteiger charge is -2.12. The molecule has 20 heavy (non-hydrogen) atoms. The molecule has 2 aromatic carbocycles. The zero-order valence-corrected chi connectivity index (χ0v) is 13.8. The van der Waals surface area contributed by atoms with Crippen molar-refractivity contribution in [3.63, 3.8) is 0 Å². The minimum atomic E-state index is -0.364. The van der Waals surface area contributed by atoms with Crippen LogP contribution in [0.2, 0.25) is 5.02 Å². The minimum Gasteiger partial charge on any atom is -0.327 e. The first kappa shape index (κ1) is 15.8. The molecule has 0 aliphatic rings. The SMILES string of the molecule is NC(CSc1cccc(Br)c1)Cc1cccc(Cl)c1F. The fourth-order valence-electron chi connectivity index (χ4n) is 1.81. The Morgan fingerprint density at radius 2 is 2.00 bits per heavy atom. The van der Waals surface area contributed by atoms with Crippen LogP contribution < -0.4 is 5.73 Å². The van der Waals surface area contributed by atoms with Gasteiger partial charge in [0, 0.05) is 21.2 Å². The predicted molar refractivity (Wildman–Crippen MR) is 88.0 cm³/mol. The first-order valence-electron chi connectivity index (χ1n) is 6.13. The summed E-state index contributed by atoms with van der Waals surface area (Å²) in [6.07, 6.45) is 0.480. The highest BCUT2D eigenvalue weighted by Gasteiger charge is 2.11. The molecule has 0 saturated carbocycles. The summed E-state index contributed by atoms with van der Waals surface area (Å²) in [7, 11) is 0. The van der Waals surface area contributed by atoms with E-state index in [1.165, 1.54) is 0 Å². The molecule has 2 rings (SSSR count). The molecule has 0 amide bonds. The average Bonchev–Trinajstić information content (AvgIpc) is 2.42. The zero-order chi connectivity index (χ0) is 14.5. The molecule has 1 nitrogen and oxygen atoms in total. The van der Waals surface area contributed by atoms with Crippen molar-refractivity contribution >= 4 is 39.3 Å². The number of nitrogens with two attached hydrogens (primary N) is 1. The molecule has 0 spiro atoms. The van der Waals surface area contributed by atoms with Gasteiger partial charge in [0.25, 0.3) is 0 Å². The van der Waals surface area contributed by atoms with Crippen LogP contribution in [0.15, 0.2) is 51.8 Å². The van der Waals surface area contributed by atoms with E-state index in [0.717, 1.165) is 15.1 Å². The number of halogens is 3. The van der Waals surface area contributed by atoms with E-state index < -0.39 is 0 Å². The highest BCUT2D eigenvalue weighted by Crippen LogP contribution is 2.24. The molecule has 2 N–H and O–H groups in total. The molecule has 1 unspecified atom stereocenters. The van der Waals surface area contributed by atoms with Gasteiger partial charge >= 0.3 is 0 Å². The van der Waals surface area contributed by atoms with Crippen molar-refractivity contribution < 1.29 is 4.39 Å². The van der Waals surface area contributed by atoms with Gasteiger partial charge in [-0.1, -0.05) is 45.7 Å². The first-order valence-corrected chi connectivity index (χ1v) is 8.29. The van der Waals surface area contributed by atoms with Gasteiger partial charge in [-0.25, -0.2) is 4.39 Å². The molecular weight excluding hydrogens is 361 g/mol. The van der Waals surface area contributed by atoms with Gasteiger partial charge in [-0.3, -0.25) is 0 Å². The maximum absolute atomic E-state index is 13.8. The van der Waals surface area contributed by atoms with E-state index in [4.69, 9.17) is 17.3 Å². The molecule has 2 aromatic rings. The van der Waals surface area contributed by atoms with Gasteiger partial charge in [-0.15, -0.1) is 11.8 Å². The Morgan fingerprint density at radius 3 is 2.75 bits per heavy atom. The lowest BCUT2D eigenvalue weighted by molar-refractivity contribution is 0.598. The predicted octanol–water partition coefficient (Wildman–Crippen LogP) is 4.90. The van der Waals surface area contributed by atoms with Crippen LogP contribution in [0.4, 0.5) is 4.39 Å². The third kappa shape index (κ3) is 4.48. The van der Waals surface area contributed by atoms with Gasteiger partial charge in [0.15, 0.2) is 0 Å². The summed E-state index contributed by atoms with van der Waals surface area (Å²) in [5, 5.41) is 0.148. The Hall–Kier alpha value is -0.550. The molecule has 106 valence electrons. The third-order valence-electron chi connectivity index (χ3n) is 2.77. The van der Waals surface area contributed by atoms with Crippen molar-refractivity contribution in [1.29, 1.82) is 0 Å². The minimum absolute atomic E-state index is 0.119. The highest BCUT2D eigenvalue weighted by atomic mass is 79.9. The van der Waals surface area contributed by atoms with E-state index in [9.17, 15) is 4.39 Å². The van der Waals surface area contributed by atoms with Gasteiger partial charge in [0.1, 0.15) is 5.82 Å². The van der Waals surface area contributed by atoms with Crippen molar-refractivity contribution in [2.45, 2.75) is 17.4 Å². The molecule has 5 heteroatoms. The van der Waals surface area contributed by atoms with Crippen molar-refractivity contribution in [3.8, 4) is 0 Å². The topological polar surface area (TPSA) is 26.0 Å². The molecule has 0 fully saturated rings. The van der Waals surface area contributed by atoms with E-state index in [1.54, 1.807) is 30.0 Å². The Labute approximate surface area is 135 Å². The average molecular weight is 375 g/mol. The normalized spacial score (nSPS) is 12.4. The Kier molecular flexibility index (Phi) is 5.90. The van der Waals surface area contributed by atoms with Gasteiger partial charge in [0.05, 0.1) is 5.02 Å². The summed E-state index contributed by atoms with van der Waals surface area (Å²) in [4.78, 5) is 1.14. The molecule has 0 radical (unpaired) electrons. The van der Waals surface area contributed by atoms with Crippen molar-refractivity contribution in [1.82, 2.24) is 0 Å². The molecule has 0 aliphatic heterocycles. The third-order valence-corrected chi connectivity index (χ3v) is 4.74. The standard InChI is InChI=1S/C15H14BrClFNS/c16-11-4-2-5-13(8-11)20-9-12(19)7-10-3-1-6-14(17)15(10)18/h1-6,8,12H,7,9,19H2. The lowest BCUT2D eigenvalue weighted by Crippen LogP contribution is -2.26. The number of rotatable bonds is 5. The van der Waals surface area contributed by atoms with E-state index in [-0.39, 0.29) is 16.9 Å². The maximum Gasteiger partial charge on any atom is 0.145 e. The summed E-state index contributed by atoms with van der Waals surface area (Å²) in [5.41, 5.74) is 6.64. The van der Waals surface area contributed by atoms with Gasteiger partial charge < -0.3 is 5.73 Å². The fourth-order valence-corrected chi connectivity index (χ4v) is 3.46. The second-order valence-corrected chi connectivity index (χ2v) is 6.86. The number of benzene rings is 2. The van der Waals surface area contributed by atoms with Gasteiger partial charge in [-0.05, 0) is 36.2 Å². The molecule has 1 atom stereocenters. The summed E-state index contributed by atoms with van der Waals surface area (Å²) < 4.78 is 14.8. The van der Waals surface area contributed by atoms with Crippen LogP contribution in [0.25, 0.3) is 0 Å². The fraction of sp³-hybridized carbons (Fsp3) is 0.200. The van der Waals surface area contributed by atoms with Crippen LogP contribution in [0.3, 0.4) is 0 Å². The summed E-state index contributed by atoms with van der Waals surface area (Å²) in [5.74, 6) is 0.361. The molecule has 0 heterocycles. The maximum atomic E-state index is 13.8. The zero-order valence-electron chi connectivity index (χ0n) is 10.7. The molecular formula is C15H14BrClFNS. The Bertz CT molecular complexity index is 594. The monoisotopic (exact) mass is 373 g/mol. The van der Waals surface area contributed by atoms with E-state index >= 15 is 0 Å². The van der Waals surface area contributed by atoms with Crippen LogP contribution in [-0.4, -0.2) is 11.8 Å². The quantitative estimate of drug-likeness (QED) is 0.753. The van der Waals surface area contributed by atoms with Crippen molar-refractivity contribution in [3.05, 3.63) is 63.3 Å². The largest absolute Gasteiger partial charge is 0.327 e. The van der Waals surface area contributed by atoms with E-state index in [2.05, 4.69) is 15.9 Å². The lowest BCUT2D eigenvalue weighted by atomic mass is 10.1.